The molecule has 2 aromatic rings. The molecule has 1 N–H and O–H groups in total. The molecular weight excluding hydrogens is 366 g/mol. The van der Waals surface area contributed by atoms with Gasteiger partial charge in [-0.3, -0.25) is 4.79 Å². The van der Waals surface area contributed by atoms with Crippen molar-refractivity contribution in [1.82, 2.24) is 0 Å². The molecule has 0 aliphatic heterocycles. The lowest BCUT2D eigenvalue weighted by Gasteiger charge is -2.16. The number of halogens is 1. The number of carbonyl (C=O) groups excluding carboxylic acids is 2. The van der Waals surface area contributed by atoms with Gasteiger partial charge < -0.3 is 14.8 Å². The number of anilines is 1. The van der Waals surface area contributed by atoms with E-state index in [0.29, 0.717) is 10.8 Å². The number of hydrogen-bond acceptors (Lipinski definition) is 4. The van der Waals surface area contributed by atoms with Gasteiger partial charge in [0.2, 0.25) is 0 Å². The molecule has 144 valence electrons. The van der Waals surface area contributed by atoms with Gasteiger partial charge in [-0.05, 0) is 54.7 Å². The number of hydrogen-bond donors (Lipinski definition) is 1. The molecule has 5 nitrogen and oxygen atoms in total. The maximum Gasteiger partial charge on any atom is 0.344 e. The first-order valence-corrected chi connectivity index (χ1v) is 9.09. The highest BCUT2D eigenvalue weighted by atomic mass is 35.5. The fourth-order valence-corrected chi connectivity index (χ4v) is 2.67. The van der Waals surface area contributed by atoms with Gasteiger partial charge in [0.15, 0.2) is 13.2 Å². The maximum atomic E-state index is 12.2. The molecule has 0 fully saturated rings. The molecular formula is C21H24ClNO4. The lowest BCUT2D eigenvalue weighted by molar-refractivity contribution is -0.149. The van der Waals surface area contributed by atoms with Crippen LogP contribution in [-0.2, 0) is 14.3 Å². The van der Waals surface area contributed by atoms with Gasteiger partial charge in [-0.25, -0.2) is 4.79 Å². The normalized spacial score (nSPS) is 10.6. The quantitative estimate of drug-likeness (QED) is 0.700. The van der Waals surface area contributed by atoms with E-state index in [-0.39, 0.29) is 25.0 Å². The summed E-state index contributed by atoms with van der Waals surface area (Å²) in [7, 11) is 0. The Morgan fingerprint density at radius 1 is 1.07 bits per heavy atom. The second-order valence-corrected chi connectivity index (χ2v) is 7.01. The van der Waals surface area contributed by atoms with E-state index in [1.807, 2.05) is 32.0 Å². The van der Waals surface area contributed by atoms with Gasteiger partial charge in [0.25, 0.3) is 5.91 Å². The monoisotopic (exact) mass is 389 g/mol. The number of benzene rings is 2. The molecule has 0 aliphatic rings. The summed E-state index contributed by atoms with van der Waals surface area (Å²) in [6.07, 6.45) is 0. The van der Waals surface area contributed by atoms with Crippen molar-refractivity contribution in [2.75, 3.05) is 18.5 Å². The summed E-state index contributed by atoms with van der Waals surface area (Å²) >= 11 is 5.94. The summed E-state index contributed by atoms with van der Waals surface area (Å²) < 4.78 is 10.3. The Morgan fingerprint density at radius 2 is 1.81 bits per heavy atom. The van der Waals surface area contributed by atoms with Crippen molar-refractivity contribution in [3.63, 3.8) is 0 Å². The molecule has 0 atom stereocenters. The van der Waals surface area contributed by atoms with E-state index in [1.54, 1.807) is 18.2 Å². The van der Waals surface area contributed by atoms with Gasteiger partial charge >= 0.3 is 5.97 Å². The van der Waals surface area contributed by atoms with Gasteiger partial charge in [0.1, 0.15) is 5.75 Å². The molecule has 2 rings (SSSR count). The Morgan fingerprint density at radius 3 is 2.48 bits per heavy atom. The van der Waals surface area contributed by atoms with Crippen molar-refractivity contribution < 1.29 is 19.1 Å². The highest BCUT2D eigenvalue weighted by molar-refractivity contribution is 6.31. The fourth-order valence-electron chi connectivity index (χ4n) is 2.55. The Hall–Kier alpha value is -2.53. The smallest absolute Gasteiger partial charge is 0.344 e. The van der Waals surface area contributed by atoms with E-state index in [1.165, 1.54) is 0 Å². The summed E-state index contributed by atoms with van der Waals surface area (Å²) in [5.41, 5.74) is 3.61. The van der Waals surface area contributed by atoms with Crippen LogP contribution in [0.2, 0.25) is 5.02 Å². The molecule has 0 aliphatic carbocycles. The highest BCUT2D eigenvalue weighted by Gasteiger charge is 2.14. The molecule has 0 unspecified atom stereocenters. The standard InChI is InChI=1S/C21H24ClNO4/c1-13(2)17-7-5-6-14(3)21(17)23-19(24)11-27-20(25)12-26-16-8-9-18(22)15(4)10-16/h5-10,13H,11-12H2,1-4H3,(H,23,24). The van der Waals surface area contributed by atoms with Gasteiger partial charge in [-0.1, -0.05) is 43.6 Å². The Balaban J connectivity index is 1.85. The minimum absolute atomic E-state index is 0.263. The minimum atomic E-state index is -0.619. The predicted molar refractivity (Wildman–Crippen MR) is 107 cm³/mol. The second-order valence-electron chi connectivity index (χ2n) is 6.60. The van der Waals surface area contributed by atoms with Gasteiger partial charge in [-0.2, -0.15) is 0 Å². The van der Waals surface area contributed by atoms with E-state index in [0.717, 1.165) is 22.4 Å². The minimum Gasteiger partial charge on any atom is -0.482 e. The summed E-state index contributed by atoms with van der Waals surface area (Å²) in [5, 5.41) is 3.46. The number of esters is 1. The van der Waals surface area contributed by atoms with Crippen LogP contribution < -0.4 is 10.1 Å². The average Bonchev–Trinajstić information content (AvgIpc) is 2.62. The van der Waals surface area contributed by atoms with Gasteiger partial charge in [-0.15, -0.1) is 0 Å². The van der Waals surface area contributed by atoms with Crippen LogP contribution in [0.4, 0.5) is 5.69 Å². The van der Waals surface area contributed by atoms with Gasteiger partial charge in [0, 0.05) is 10.7 Å². The number of nitrogens with one attached hydrogen (secondary N) is 1. The van der Waals surface area contributed by atoms with Crippen LogP contribution in [0.1, 0.15) is 36.5 Å². The van der Waals surface area contributed by atoms with Crippen molar-refractivity contribution in [3.8, 4) is 5.75 Å². The van der Waals surface area contributed by atoms with Crippen LogP contribution in [0.3, 0.4) is 0 Å². The summed E-state index contributed by atoms with van der Waals surface area (Å²) in [5.74, 6) is -0.229. The number of rotatable bonds is 7. The Kier molecular flexibility index (Phi) is 7.25. The SMILES string of the molecule is Cc1cc(OCC(=O)OCC(=O)Nc2c(C)cccc2C(C)C)ccc1Cl. The third kappa shape index (κ3) is 6.00. The van der Waals surface area contributed by atoms with Crippen LogP contribution in [-0.4, -0.2) is 25.1 Å². The van der Waals surface area contributed by atoms with Crippen molar-refractivity contribution >= 4 is 29.2 Å². The third-order valence-electron chi connectivity index (χ3n) is 4.04. The summed E-state index contributed by atoms with van der Waals surface area (Å²) in [6, 6.07) is 10.9. The summed E-state index contributed by atoms with van der Waals surface area (Å²) in [4.78, 5) is 24.0. The molecule has 6 heteroatoms. The van der Waals surface area contributed by atoms with E-state index >= 15 is 0 Å². The maximum absolute atomic E-state index is 12.2. The lowest BCUT2D eigenvalue weighted by Crippen LogP contribution is -2.24. The van der Waals surface area contributed by atoms with Crippen LogP contribution in [0.5, 0.6) is 5.75 Å². The fraction of sp³-hybridized carbons (Fsp3) is 0.333. The van der Waals surface area contributed by atoms with Crippen molar-refractivity contribution in [2.45, 2.75) is 33.6 Å². The zero-order chi connectivity index (χ0) is 20.0. The Labute approximate surface area is 164 Å². The molecule has 0 aromatic heterocycles. The topological polar surface area (TPSA) is 64.6 Å². The first kappa shape index (κ1) is 20.8. The van der Waals surface area contributed by atoms with Crippen LogP contribution >= 0.6 is 11.6 Å². The van der Waals surface area contributed by atoms with E-state index < -0.39 is 5.97 Å². The molecule has 27 heavy (non-hydrogen) atoms. The summed E-state index contributed by atoms with van der Waals surface area (Å²) in [6.45, 7) is 7.23. The first-order chi connectivity index (χ1) is 12.8. The van der Waals surface area contributed by atoms with Gasteiger partial charge in [0.05, 0.1) is 0 Å². The molecule has 0 heterocycles. The second kappa shape index (κ2) is 9.42. The third-order valence-corrected chi connectivity index (χ3v) is 4.47. The molecule has 0 saturated carbocycles. The van der Waals surface area contributed by atoms with Crippen LogP contribution in [0.25, 0.3) is 0 Å². The predicted octanol–water partition coefficient (Wildman–Crippen LogP) is 4.64. The van der Waals surface area contributed by atoms with Crippen molar-refractivity contribution in [3.05, 3.63) is 58.1 Å². The zero-order valence-corrected chi connectivity index (χ0v) is 16.7. The molecule has 0 bridgehead atoms. The van der Waals surface area contributed by atoms with Crippen LogP contribution in [0, 0.1) is 13.8 Å². The zero-order valence-electron chi connectivity index (χ0n) is 16.0. The van der Waals surface area contributed by atoms with E-state index in [2.05, 4.69) is 19.2 Å². The van der Waals surface area contributed by atoms with Crippen molar-refractivity contribution in [2.24, 2.45) is 0 Å². The number of amides is 1. The number of ether oxygens (including phenoxy) is 2. The number of carbonyl (C=O) groups is 2. The first-order valence-electron chi connectivity index (χ1n) is 8.72. The number of para-hydroxylation sites is 1. The molecule has 1 amide bonds. The molecule has 0 radical (unpaired) electrons. The van der Waals surface area contributed by atoms with Crippen molar-refractivity contribution in [1.29, 1.82) is 0 Å². The largest absolute Gasteiger partial charge is 0.482 e. The Bertz CT molecular complexity index is 833. The molecule has 0 spiro atoms. The molecule has 2 aromatic carbocycles. The molecule has 0 saturated heterocycles. The van der Waals surface area contributed by atoms with E-state index in [4.69, 9.17) is 21.1 Å². The number of aryl methyl sites for hydroxylation is 2. The average molecular weight is 390 g/mol. The highest BCUT2D eigenvalue weighted by Crippen LogP contribution is 2.27. The van der Waals surface area contributed by atoms with Crippen LogP contribution in [0.15, 0.2) is 36.4 Å². The lowest BCUT2D eigenvalue weighted by atomic mass is 9.98. The van der Waals surface area contributed by atoms with E-state index in [9.17, 15) is 9.59 Å².